The Hall–Kier alpha value is -2.53. The van der Waals surface area contributed by atoms with Crippen LogP contribution in [0.3, 0.4) is 0 Å². The van der Waals surface area contributed by atoms with E-state index in [1.54, 1.807) is 7.11 Å². The quantitative estimate of drug-likeness (QED) is 0.684. The largest absolute Gasteiger partial charge is 0.497 e. The highest BCUT2D eigenvalue weighted by Gasteiger charge is 2.08. The van der Waals surface area contributed by atoms with Crippen molar-refractivity contribution in [3.05, 3.63) is 64.7 Å². The van der Waals surface area contributed by atoms with Gasteiger partial charge in [0.05, 0.1) is 7.11 Å². The van der Waals surface area contributed by atoms with Crippen molar-refractivity contribution < 1.29 is 19.1 Å². The van der Waals surface area contributed by atoms with Crippen LogP contribution < -0.4 is 10.1 Å². The molecule has 0 heterocycles. The Balaban J connectivity index is 1.60. The second-order valence-electron chi connectivity index (χ2n) is 5.74. The molecule has 0 aromatic heterocycles. The molecule has 0 unspecified atom stereocenters. The third-order valence-electron chi connectivity index (χ3n) is 3.79. The van der Waals surface area contributed by atoms with Crippen molar-refractivity contribution in [2.24, 2.45) is 0 Å². The van der Waals surface area contributed by atoms with Gasteiger partial charge in [-0.1, -0.05) is 35.9 Å². The summed E-state index contributed by atoms with van der Waals surface area (Å²) in [7, 11) is 1.60. The molecule has 138 valence electrons. The SMILES string of the molecule is COc1ccc(CCC(=O)OCC(=O)NCCc2ccc(Cl)cc2)cc1. The Morgan fingerprint density at radius 2 is 1.58 bits per heavy atom. The molecule has 2 aromatic carbocycles. The number of ether oxygens (including phenoxy) is 2. The van der Waals surface area contributed by atoms with Crippen LogP contribution in [-0.4, -0.2) is 32.1 Å². The van der Waals surface area contributed by atoms with E-state index < -0.39 is 5.97 Å². The molecule has 0 aliphatic rings. The van der Waals surface area contributed by atoms with E-state index in [1.165, 1.54) is 0 Å². The van der Waals surface area contributed by atoms with Gasteiger partial charge in [0, 0.05) is 18.0 Å². The van der Waals surface area contributed by atoms with Crippen molar-refractivity contribution in [2.75, 3.05) is 20.3 Å². The first-order chi connectivity index (χ1) is 12.6. The summed E-state index contributed by atoms with van der Waals surface area (Å²) in [5.74, 6) is 0.0667. The van der Waals surface area contributed by atoms with Gasteiger partial charge in [-0.3, -0.25) is 9.59 Å². The lowest BCUT2D eigenvalue weighted by Gasteiger charge is -2.07. The fraction of sp³-hybridized carbons (Fsp3) is 0.300. The first-order valence-electron chi connectivity index (χ1n) is 8.36. The van der Waals surface area contributed by atoms with Gasteiger partial charge in [0.15, 0.2) is 6.61 Å². The third-order valence-corrected chi connectivity index (χ3v) is 4.04. The standard InChI is InChI=1S/C20H22ClNO4/c1-25-18-9-4-15(5-10-18)6-11-20(24)26-14-19(23)22-13-12-16-2-7-17(21)8-3-16/h2-5,7-10H,6,11-14H2,1H3,(H,22,23). The number of esters is 1. The molecule has 0 spiro atoms. The zero-order valence-electron chi connectivity index (χ0n) is 14.7. The lowest BCUT2D eigenvalue weighted by molar-refractivity contribution is -0.148. The maximum Gasteiger partial charge on any atom is 0.306 e. The highest BCUT2D eigenvalue weighted by Crippen LogP contribution is 2.13. The van der Waals surface area contributed by atoms with Gasteiger partial charge in [0.25, 0.3) is 5.91 Å². The molecular weight excluding hydrogens is 354 g/mol. The summed E-state index contributed by atoms with van der Waals surface area (Å²) in [6.45, 7) is 0.214. The van der Waals surface area contributed by atoms with Gasteiger partial charge >= 0.3 is 5.97 Å². The summed E-state index contributed by atoms with van der Waals surface area (Å²) in [4.78, 5) is 23.4. The van der Waals surface area contributed by atoms with Crippen molar-refractivity contribution >= 4 is 23.5 Å². The molecule has 6 heteroatoms. The van der Waals surface area contributed by atoms with Gasteiger partial charge in [-0.2, -0.15) is 0 Å². The summed E-state index contributed by atoms with van der Waals surface area (Å²) >= 11 is 5.82. The van der Waals surface area contributed by atoms with Crippen LogP contribution in [0.25, 0.3) is 0 Å². The van der Waals surface area contributed by atoms with Crippen LogP contribution in [0.2, 0.25) is 5.02 Å². The summed E-state index contributed by atoms with van der Waals surface area (Å²) in [6, 6.07) is 14.9. The van der Waals surface area contributed by atoms with Crippen molar-refractivity contribution in [1.82, 2.24) is 5.32 Å². The van der Waals surface area contributed by atoms with E-state index in [0.29, 0.717) is 24.4 Å². The maximum atomic E-state index is 11.7. The smallest absolute Gasteiger partial charge is 0.306 e. The van der Waals surface area contributed by atoms with Crippen LogP contribution in [0.4, 0.5) is 0 Å². The summed E-state index contributed by atoms with van der Waals surface area (Å²) in [5, 5.41) is 3.40. The number of hydrogen-bond donors (Lipinski definition) is 1. The minimum Gasteiger partial charge on any atom is -0.497 e. The molecule has 0 radical (unpaired) electrons. The van der Waals surface area contributed by atoms with Gasteiger partial charge in [-0.15, -0.1) is 0 Å². The molecule has 26 heavy (non-hydrogen) atoms. The number of hydrogen-bond acceptors (Lipinski definition) is 4. The van der Waals surface area contributed by atoms with Crippen molar-refractivity contribution in [3.8, 4) is 5.75 Å². The molecule has 0 aliphatic carbocycles. The van der Waals surface area contributed by atoms with Crippen LogP contribution in [0.1, 0.15) is 17.5 Å². The van der Waals surface area contributed by atoms with Crippen molar-refractivity contribution in [1.29, 1.82) is 0 Å². The van der Waals surface area contributed by atoms with E-state index in [4.69, 9.17) is 21.1 Å². The topological polar surface area (TPSA) is 64.6 Å². The molecule has 2 aromatic rings. The van der Waals surface area contributed by atoms with Crippen molar-refractivity contribution in [3.63, 3.8) is 0 Å². The number of benzene rings is 2. The lowest BCUT2D eigenvalue weighted by Crippen LogP contribution is -2.30. The van der Waals surface area contributed by atoms with Crippen LogP contribution in [0.15, 0.2) is 48.5 Å². The first kappa shape index (κ1) is 19.8. The zero-order valence-corrected chi connectivity index (χ0v) is 15.4. The molecular formula is C20H22ClNO4. The number of aryl methyl sites for hydroxylation is 1. The van der Waals surface area contributed by atoms with E-state index in [1.807, 2.05) is 48.5 Å². The average Bonchev–Trinajstić information content (AvgIpc) is 2.66. The summed E-state index contributed by atoms with van der Waals surface area (Å²) in [5.41, 5.74) is 2.08. The second kappa shape index (κ2) is 10.5. The highest BCUT2D eigenvalue weighted by molar-refractivity contribution is 6.30. The first-order valence-corrected chi connectivity index (χ1v) is 8.74. The van der Waals surface area contributed by atoms with Crippen LogP contribution >= 0.6 is 11.6 Å². The van der Waals surface area contributed by atoms with E-state index in [9.17, 15) is 9.59 Å². The molecule has 1 N–H and O–H groups in total. The van der Waals surface area contributed by atoms with Gasteiger partial charge < -0.3 is 14.8 Å². The van der Waals surface area contributed by atoms with E-state index in [0.717, 1.165) is 16.9 Å². The van der Waals surface area contributed by atoms with Crippen LogP contribution in [-0.2, 0) is 27.2 Å². The predicted molar refractivity (Wildman–Crippen MR) is 100 cm³/mol. The zero-order chi connectivity index (χ0) is 18.8. The number of methoxy groups -OCH3 is 1. The minimum atomic E-state index is -0.395. The number of halogens is 1. The fourth-order valence-electron chi connectivity index (χ4n) is 2.31. The molecule has 0 aliphatic heterocycles. The van der Waals surface area contributed by atoms with Gasteiger partial charge in [0.2, 0.25) is 0 Å². The second-order valence-corrected chi connectivity index (χ2v) is 6.17. The van der Waals surface area contributed by atoms with Gasteiger partial charge in [-0.25, -0.2) is 0 Å². The van der Waals surface area contributed by atoms with Crippen LogP contribution in [0.5, 0.6) is 5.75 Å². The molecule has 1 amide bonds. The van der Waals surface area contributed by atoms with Crippen LogP contribution in [0, 0.1) is 0 Å². The molecule has 5 nitrogen and oxygen atoms in total. The Morgan fingerprint density at radius 3 is 2.23 bits per heavy atom. The Bertz CT molecular complexity index is 714. The number of carbonyl (C=O) groups is 2. The number of carbonyl (C=O) groups excluding carboxylic acids is 2. The number of amides is 1. The molecule has 0 bridgehead atoms. The Morgan fingerprint density at radius 1 is 0.962 bits per heavy atom. The highest BCUT2D eigenvalue weighted by atomic mass is 35.5. The predicted octanol–water partition coefficient (Wildman–Crippen LogP) is 3.18. The third kappa shape index (κ3) is 7.15. The average molecular weight is 376 g/mol. The van der Waals surface area contributed by atoms with E-state index in [-0.39, 0.29) is 18.9 Å². The minimum absolute atomic E-state index is 0.227. The number of nitrogens with one attached hydrogen (secondary N) is 1. The fourth-order valence-corrected chi connectivity index (χ4v) is 2.43. The lowest BCUT2D eigenvalue weighted by atomic mass is 10.1. The molecule has 0 fully saturated rings. The normalized spacial score (nSPS) is 10.2. The maximum absolute atomic E-state index is 11.7. The molecule has 0 atom stereocenters. The summed E-state index contributed by atoms with van der Waals surface area (Å²) < 4.78 is 10.1. The monoisotopic (exact) mass is 375 g/mol. The van der Waals surface area contributed by atoms with Gasteiger partial charge in [-0.05, 0) is 48.2 Å². The van der Waals surface area contributed by atoms with E-state index in [2.05, 4.69) is 5.32 Å². The summed E-state index contributed by atoms with van der Waals surface area (Å²) in [6.07, 6.45) is 1.47. The Labute approximate surface area is 158 Å². The molecule has 0 saturated carbocycles. The molecule has 2 rings (SSSR count). The van der Waals surface area contributed by atoms with Gasteiger partial charge in [0.1, 0.15) is 5.75 Å². The van der Waals surface area contributed by atoms with E-state index >= 15 is 0 Å². The van der Waals surface area contributed by atoms with Crippen molar-refractivity contribution in [2.45, 2.75) is 19.3 Å². The molecule has 0 saturated heterocycles. The number of rotatable bonds is 9. The Kier molecular flexibility index (Phi) is 7.96.